The number of hydrogen-bond donors (Lipinski definition) is 2. The molecule has 0 saturated carbocycles. The number of amides is 2. The van der Waals surface area contributed by atoms with Gasteiger partial charge in [-0.25, -0.2) is 4.79 Å². The maximum atomic E-state index is 12.5. The second kappa shape index (κ2) is 8.63. The van der Waals surface area contributed by atoms with Gasteiger partial charge >= 0.3 is 5.97 Å². The van der Waals surface area contributed by atoms with Gasteiger partial charge in [0.05, 0.1) is 6.61 Å². The van der Waals surface area contributed by atoms with Crippen molar-refractivity contribution in [1.29, 1.82) is 0 Å². The van der Waals surface area contributed by atoms with Crippen LogP contribution in [0.2, 0.25) is 0 Å². The topological polar surface area (TPSA) is 98.5 Å². The van der Waals surface area contributed by atoms with E-state index in [0.29, 0.717) is 5.56 Å². The summed E-state index contributed by atoms with van der Waals surface area (Å²) in [6.45, 7) is 1.96. The number of esters is 1. The fourth-order valence-corrected chi connectivity index (χ4v) is 2.40. The number of hydrogen-bond acceptors (Lipinski definition) is 4. The summed E-state index contributed by atoms with van der Waals surface area (Å²) in [6, 6.07) is 11.9. The van der Waals surface area contributed by atoms with E-state index >= 15 is 0 Å². The molecule has 3 N–H and O–H groups in total. The molecular formula is C19H20N2O4. The van der Waals surface area contributed by atoms with Crippen molar-refractivity contribution >= 4 is 28.6 Å². The van der Waals surface area contributed by atoms with Crippen LogP contribution in [0.5, 0.6) is 0 Å². The lowest BCUT2D eigenvalue weighted by molar-refractivity contribution is -0.137. The molecule has 6 heteroatoms. The van der Waals surface area contributed by atoms with Crippen LogP contribution in [-0.2, 0) is 14.3 Å². The summed E-state index contributed by atoms with van der Waals surface area (Å²) in [5.41, 5.74) is 5.80. The Kier molecular flexibility index (Phi) is 6.28. The molecule has 2 aromatic rings. The minimum atomic E-state index is -0.919. The Labute approximate surface area is 145 Å². The van der Waals surface area contributed by atoms with Crippen LogP contribution in [-0.4, -0.2) is 30.4 Å². The molecular weight excluding hydrogens is 320 g/mol. The lowest BCUT2D eigenvalue weighted by atomic mass is 10.0. The monoisotopic (exact) mass is 340 g/mol. The number of fused-ring (bicyclic) bond motifs is 1. The van der Waals surface area contributed by atoms with Crippen molar-refractivity contribution in [3.8, 4) is 0 Å². The molecule has 0 aliphatic heterocycles. The molecule has 0 radical (unpaired) electrons. The van der Waals surface area contributed by atoms with Gasteiger partial charge in [-0.1, -0.05) is 42.5 Å². The summed E-state index contributed by atoms with van der Waals surface area (Å²) in [6.07, 6.45) is 2.77. The summed E-state index contributed by atoms with van der Waals surface area (Å²) in [5.74, 6) is -1.58. The molecule has 2 rings (SSSR count). The number of rotatable bonds is 7. The molecule has 0 fully saturated rings. The Balaban J connectivity index is 2.12. The third kappa shape index (κ3) is 4.91. The highest BCUT2D eigenvalue weighted by molar-refractivity contribution is 6.08. The number of carbonyl (C=O) groups excluding carboxylic acids is 3. The van der Waals surface area contributed by atoms with Gasteiger partial charge in [-0.15, -0.1) is 0 Å². The molecule has 6 nitrogen and oxygen atoms in total. The van der Waals surface area contributed by atoms with E-state index in [2.05, 4.69) is 5.32 Å². The molecule has 0 unspecified atom stereocenters. The predicted octanol–water partition coefficient (Wildman–Crippen LogP) is 1.93. The second-order valence-electron chi connectivity index (χ2n) is 5.35. The lowest BCUT2D eigenvalue weighted by Gasteiger charge is -2.14. The maximum Gasteiger partial charge on any atom is 0.330 e. The van der Waals surface area contributed by atoms with E-state index in [1.807, 2.05) is 30.3 Å². The molecule has 130 valence electrons. The van der Waals surface area contributed by atoms with E-state index in [1.54, 1.807) is 19.1 Å². The van der Waals surface area contributed by atoms with Crippen molar-refractivity contribution in [1.82, 2.24) is 5.32 Å². The molecule has 0 bridgehead atoms. The van der Waals surface area contributed by atoms with Crippen molar-refractivity contribution in [2.24, 2.45) is 5.73 Å². The minimum Gasteiger partial charge on any atom is -0.463 e. The van der Waals surface area contributed by atoms with Crippen LogP contribution in [0.1, 0.15) is 23.7 Å². The molecule has 2 aromatic carbocycles. The predicted molar refractivity (Wildman–Crippen MR) is 94.8 cm³/mol. The van der Waals surface area contributed by atoms with Gasteiger partial charge in [0.25, 0.3) is 5.91 Å². The average Bonchev–Trinajstić information content (AvgIpc) is 2.60. The summed E-state index contributed by atoms with van der Waals surface area (Å²) in [5, 5.41) is 4.32. The Morgan fingerprint density at radius 2 is 1.88 bits per heavy atom. The number of ether oxygens (including phenoxy) is 1. The molecule has 0 aliphatic carbocycles. The van der Waals surface area contributed by atoms with E-state index in [4.69, 9.17) is 10.5 Å². The first-order chi connectivity index (χ1) is 12.0. The van der Waals surface area contributed by atoms with Crippen LogP contribution < -0.4 is 11.1 Å². The summed E-state index contributed by atoms with van der Waals surface area (Å²) >= 11 is 0. The van der Waals surface area contributed by atoms with E-state index in [9.17, 15) is 14.4 Å². The van der Waals surface area contributed by atoms with Gasteiger partial charge in [-0.05, 0) is 30.2 Å². The largest absolute Gasteiger partial charge is 0.463 e. The SMILES string of the molecule is CCOC(=O)/C=C/C[C@H](NC(=O)c1cccc2ccccc12)C(N)=O. The van der Waals surface area contributed by atoms with Crippen molar-refractivity contribution < 1.29 is 19.1 Å². The van der Waals surface area contributed by atoms with E-state index in [-0.39, 0.29) is 13.0 Å². The van der Waals surface area contributed by atoms with Crippen LogP contribution in [0.4, 0.5) is 0 Å². The Morgan fingerprint density at radius 3 is 2.60 bits per heavy atom. The summed E-state index contributed by atoms with van der Waals surface area (Å²) < 4.78 is 4.75. The summed E-state index contributed by atoms with van der Waals surface area (Å²) in [4.78, 5) is 35.4. The molecule has 0 spiro atoms. The first-order valence-electron chi connectivity index (χ1n) is 7.94. The quantitative estimate of drug-likeness (QED) is 0.594. The first kappa shape index (κ1) is 18.2. The third-order valence-electron chi connectivity index (χ3n) is 3.60. The van der Waals surface area contributed by atoms with Gasteiger partial charge in [0.15, 0.2) is 0 Å². The Bertz CT molecular complexity index is 809. The zero-order valence-corrected chi connectivity index (χ0v) is 13.9. The van der Waals surface area contributed by atoms with Crippen molar-refractivity contribution in [3.63, 3.8) is 0 Å². The number of primary amides is 1. The minimum absolute atomic E-state index is 0.102. The number of nitrogens with two attached hydrogens (primary N) is 1. The zero-order valence-electron chi connectivity index (χ0n) is 13.9. The molecule has 0 aromatic heterocycles. The Morgan fingerprint density at radius 1 is 1.16 bits per heavy atom. The number of nitrogens with one attached hydrogen (secondary N) is 1. The third-order valence-corrected chi connectivity index (χ3v) is 3.60. The number of benzene rings is 2. The molecule has 25 heavy (non-hydrogen) atoms. The van der Waals surface area contributed by atoms with Gasteiger partial charge in [0, 0.05) is 11.6 Å². The van der Waals surface area contributed by atoms with Crippen molar-refractivity contribution in [2.75, 3.05) is 6.61 Å². The lowest BCUT2D eigenvalue weighted by Crippen LogP contribution is -2.44. The number of carbonyl (C=O) groups is 3. The molecule has 2 amide bonds. The molecule has 0 heterocycles. The highest BCUT2D eigenvalue weighted by Gasteiger charge is 2.19. The smallest absolute Gasteiger partial charge is 0.330 e. The molecule has 0 aliphatic rings. The van der Waals surface area contributed by atoms with Crippen molar-refractivity contribution in [2.45, 2.75) is 19.4 Å². The highest BCUT2D eigenvalue weighted by Crippen LogP contribution is 2.18. The average molecular weight is 340 g/mol. The van der Waals surface area contributed by atoms with Crippen LogP contribution in [0.25, 0.3) is 10.8 Å². The molecule has 1 atom stereocenters. The normalized spacial score (nSPS) is 12.0. The van der Waals surface area contributed by atoms with Gasteiger partial charge in [0.1, 0.15) is 6.04 Å². The van der Waals surface area contributed by atoms with Crippen LogP contribution >= 0.6 is 0 Å². The zero-order chi connectivity index (χ0) is 18.2. The fraction of sp³-hybridized carbons (Fsp3) is 0.211. The maximum absolute atomic E-state index is 12.5. The van der Waals surface area contributed by atoms with Crippen molar-refractivity contribution in [3.05, 3.63) is 60.2 Å². The van der Waals surface area contributed by atoms with Gasteiger partial charge in [0.2, 0.25) is 5.91 Å². The fourth-order valence-electron chi connectivity index (χ4n) is 2.40. The second-order valence-corrected chi connectivity index (χ2v) is 5.35. The summed E-state index contributed by atoms with van der Waals surface area (Å²) in [7, 11) is 0. The van der Waals surface area contributed by atoms with E-state index in [1.165, 1.54) is 12.2 Å². The first-order valence-corrected chi connectivity index (χ1v) is 7.94. The van der Waals surface area contributed by atoms with Crippen LogP contribution in [0.15, 0.2) is 54.6 Å². The van der Waals surface area contributed by atoms with E-state index < -0.39 is 23.8 Å². The highest BCUT2D eigenvalue weighted by atomic mass is 16.5. The van der Waals surface area contributed by atoms with Crippen LogP contribution in [0, 0.1) is 0 Å². The molecule has 0 saturated heterocycles. The van der Waals surface area contributed by atoms with Crippen LogP contribution in [0.3, 0.4) is 0 Å². The standard InChI is InChI=1S/C19H20N2O4/c1-2-25-17(22)12-6-11-16(18(20)23)21-19(24)15-10-5-8-13-7-3-4-9-14(13)15/h3-10,12,16H,2,11H2,1H3,(H2,20,23)(H,21,24)/b12-6+/t16-/m0/s1. The van der Waals surface area contributed by atoms with Gasteiger partial charge < -0.3 is 15.8 Å². The van der Waals surface area contributed by atoms with E-state index in [0.717, 1.165) is 10.8 Å². The van der Waals surface area contributed by atoms with Gasteiger partial charge in [-0.3, -0.25) is 9.59 Å². The Hall–Kier alpha value is -3.15. The van der Waals surface area contributed by atoms with Gasteiger partial charge in [-0.2, -0.15) is 0 Å².